The minimum absolute atomic E-state index is 0.602. The van der Waals surface area contributed by atoms with E-state index in [1.165, 1.54) is 11.1 Å². The lowest BCUT2D eigenvalue weighted by Gasteiger charge is -2.34. The molecule has 0 bridgehead atoms. The summed E-state index contributed by atoms with van der Waals surface area (Å²) in [6.07, 6.45) is -1.25. The highest BCUT2D eigenvalue weighted by Crippen LogP contribution is 2.27. The number of likely N-dealkylation sites (tertiary alicyclic amines) is 1. The highest BCUT2D eigenvalue weighted by Gasteiger charge is 2.43. The Balaban J connectivity index is 1.85. The summed E-state index contributed by atoms with van der Waals surface area (Å²) in [6, 6.07) is 20.6. The van der Waals surface area contributed by atoms with Gasteiger partial charge in [0.25, 0.3) is 0 Å². The number of hydrogen-bond donors (Lipinski definition) is 2. The Hall–Kier alpha value is -1.68. The summed E-state index contributed by atoms with van der Waals surface area (Å²) in [4.78, 5) is 0. The molecule has 3 nitrogen and oxygen atoms in total. The van der Waals surface area contributed by atoms with Crippen LogP contribution in [0.4, 0.5) is 0 Å². The van der Waals surface area contributed by atoms with Gasteiger partial charge in [-0.1, -0.05) is 60.7 Å². The van der Waals surface area contributed by atoms with Crippen molar-refractivity contribution in [2.75, 3.05) is 13.1 Å². The van der Waals surface area contributed by atoms with Crippen molar-refractivity contribution < 1.29 is 14.7 Å². The van der Waals surface area contributed by atoms with Crippen LogP contribution in [0.25, 0.3) is 0 Å². The maximum Gasteiger partial charge on any atom is 0.134 e. The molecule has 0 aromatic heterocycles. The zero-order chi connectivity index (χ0) is 14.7. The third kappa shape index (κ3) is 3.32. The maximum atomic E-state index is 10.0. The third-order valence-corrected chi connectivity index (χ3v) is 4.31. The van der Waals surface area contributed by atoms with E-state index in [0.29, 0.717) is 17.6 Å². The molecule has 1 heterocycles. The first-order valence-electron chi connectivity index (χ1n) is 7.46. The molecule has 1 aliphatic heterocycles. The summed E-state index contributed by atoms with van der Waals surface area (Å²) < 4.78 is 0.705. The lowest BCUT2D eigenvalue weighted by Crippen LogP contribution is -2.45. The second-order valence-electron chi connectivity index (χ2n) is 6.13. The number of hydrogen-bond acceptors (Lipinski definition) is 2. The van der Waals surface area contributed by atoms with Crippen LogP contribution in [0.15, 0.2) is 60.7 Å². The van der Waals surface area contributed by atoms with Crippen molar-refractivity contribution in [3.8, 4) is 0 Å². The molecule has 0 amide bonds. The highest BCUT2D eigenvalue weighted by atomic mass is 16.3. The zero-order valence-electron chi connectivity index (χ0n) is 12.1. The Morgan fingerprint density at radius 1 is 0.714 bits per heavy atom. The van der Waals surface area contributed by atoms with Gasteiger partial charge < -0.3 is 14.7 Å². The van der Waals surface area contributed by atoms with E-state index in [1.807, 2.05) is 36.4 Å². The number of rotatable bonds is 4. The van der Waals surface area contributed by atoms with E-state index in [-0.39, 0.29) is 0 Å². The van der Waals surface area contributed by atoms with Crippen LogP contribution >= 0.6 is 0 Å². The molecule has 2 aromatic carbocycles. The van der Waals surface area contributed by atoms with Crippen LogP contribution < -0.4 is 0 Å². The SMILES string of the molecule is O[C@H]1C[N+](Cc2ccccc2)(Cc2ccccc2)C[C@@H]1O. The van der Waals surface area contributed by atoms with Crippen LogP contribution in [0.3, 0.4) is 0 Å². The monoisotopic (exact) mass is 284 g/mol. The second-order valence-corrected chi connectivity index (χ2v) is 6.13. The molecule has 110 valence electrons. The summed E-state index contributed by atoms with van der Waals surface area (Å²) in [5.41, 5.74) is 2.49. The summed E-state index contributed by atoms with van der Waals surface area (Å²) in [5, 5.41) is 20.0. The van der Waals surface area contributed by atoms with E-state index in [0.717, 1.165) is 13.1 Å². The number of aliphatic hydroxyl groups excluding tert-OH is 2. The molecule has 3 rings (SSSR count). The zero-order valence-corrected chi connectivity index (χ0v) is 12.1. The largest absolute Gasteiger partial charge is 0.384 e. The molecule has 1 saturated heterocycles. The third-order valence-electron chi connectivity index (χ3n) is 4.31. The van der Waals surface area contributed by atoms with Gasteiger partial charge in [-0.2, -0.15) is 0 Å². The fourth-order valence-corrected chi connectivity index (χ4v) is 3.37. The minimum Gasteiger partial charge on any atom is -0.384 e. The van der Waals surface area contributed by atoms with Crippen LogP contribution in [0.2, 0.25) is 0 Å². The Bertz CT molecular complexity index is 517. The van der Waals surface area contributed by atoms with Gasteiger partial charge >= 0.3 is 0 Å². The van der Waals surface area contributed by atoms with E-state index >= 15 is 0 Å². The van der Waals surface area contributed by atoms with Crippen LogP contribution in [0.5, 0.6) is 0 Å². The molecule has 1 fully saturated rings. The quantitative estimate of drug-likeness (QED) is 0.842. The van der Waals surface area contributed by atoms with E-state index in [2.05, 4.69) is 24.3 Å². The predicted octanol–water partition coefficient (Wildman–Crippen LogP) is 1.94. The van der Waals surface area contributed by atoms with Gasteiger partial charge in [-0.3, -0.25) is 0 Å². The van der Waals surface area contributed by atoms with Crippen molar-refractivity contribution in [1.82, 2.24) is 0 Å². The minimum atomic E-state index is -0.627. The van der Waals surface area contributed by atoms with E-state index in [9.17, 15) is 10.2 Å². The van der Waals surface area contributed by atoms with E-state index in [4.69, 9.17) is 0 Å². The molecule has 2 atom stereocenters. The summed E-state index contributed by atoms with van der Waals surface area (Å²) >= 11 is 0. The molecule has 2 aromatic rings. The van der Waals surface area contributed by atoms with Gasteiger partial charge in [-0.25, -0.2) is 0 Å². The standard InChI is InChI=1S/C18H22NO2/c20-17-13-19(14-18(17)21,11-15-7-3-1-4-8-15)12-16-9-5-2-6-10-16/h1-10,17-18,20-21H,11-14H2/q+1/t17-,18-/m0/s1. The number of aliphatic hydroxyl groups is 2. The lowest BCUT2D eigenvalue weighted by molar-refractivity contribution is -0.944. The van der Waals surface area contributed by atoms with E-state index < -0.39 is 12.2 Å². The van der Waals surface area contributed by atoms with Crippen molar-refractivity contribution in [3.63, 3.8) is 0 Å². The molecule has 0 radical (unpaired) electrons. The topological polar surface area (TPSA) is 40.5 Å². The Morgan fingerprint density at radius 2 is 1.10 bits per heavy atom. The molecule has 21 heavy (non-hydrogen) atoms. The molecule has 0 spiro atoms. The van der Waals surface area contributed by atoms with Gasteiger partial charge in [0, 0.05) is 11.1 Å². The number of nitrogens with zero attached hydrogens (tertiary/aromatic N) is 1. The molecular weight excluding hydrogens is 262 g/mol. The number of quaternary nitrogens is 1. The second kappa shape index (κ2) is 5.98. The van der Waals surface area contributed by atoms with E-state index in [1.54, 1.807) is 0 Å². The average molecular weight is 284 g/mol. The van der Waals surface area contributed by atoms with Crippen molar-refractivity contribution in [2.45, 2.75) is 25.3 Å². The normalized spacial score (nSPS) is 24.1. The fraction of sp³-hybridized carbons (Fsp3) is 0.333. The van der Waals surface area contributed by atoms with Gasteiger partial charge in [-0.15, -0.1) is 0 Å². The summed E-state index contributed by atoms with van der Waals surface area (Å²) in [7, 11) is 0. The molecule has 0 saturated carbocycles. The summed E-state index contributed by atoms with van der Waals surface area (Å²) in [5.74, 6) is 0. The predicted molar refractivity (Wildman–Crippen MR) is 82.3 cm³/mol. The fourth-order valence-electron chi connectivity index (χ4n) is 3.37. The average Bonchev–Trinajstić information content (AvgIpc) is 2.75. The first kappa shape index (κ1) is 14.3. The Labute approximate surface area is 125 Å². The molecule has 2 N–H and O–H groups in total. The Kier molecular flexibility index (Phi) is 4.06. The molecule has 3 heteroatoms. The molecule has 0 unspecified atom stereocenters. The Morgan fingerprint density at radius 3 is 1.48 bits per heavy atom. The maximum absolute atomic E-state index is 10.0. The van der Waals surface area contributed by atoms with Crippen LogP contribution in [-0.2, 0) is 13.1 Å². The van der Waals surface area contributed by atoms with Gasteiger partial charge in [-0.05, 0) is 0 Å². The number of benzene rings is 2. The molecule has 0 aliphatic carbocycles. The first-order valence-corrected chi connectivity index (χ1v) is 7.46. The van der Waals surface area contributed by atoms with Crippen molar-refractivity contribution in [1.29, 1.82) is 0 Å². The first-order chi connectivity index (χ1) is 10.2. The van der Waals surface area contributed by atoms with Gasteiger partial charge in [0.1, 0.15) is 38.4 Å². The van der Waals surface area contributed by atoms with Crippen LogP contribution in [-0.4, -0.2) is 40.0 Å². The summed E-state index contributed by atoms with van der Waals surface area (Å²) in [6.45, 7) is 2.88. The van der Waals surface area contributed by atoms with Crippen LogP contribution in [0.1, 0.15) is 11.1 Å². The lowest BCUT2D eigenvalue weighted by atomic mass is 10.1. The molecule has 1 aliphatic rings. The smallest absolute Gasteiger partial charge is 0.134 e. The van der Waals surface area contributed by atoms with Gasteiger partial charge in [0.15, 0.2) is 0 Å². The van der Waals surface area contributed by atoms with Crippen LogP contribution in [0, 0.1) is 0 Å². The van der Waals surface area contributed by atoms with Crippen molar-refractivity contribution in [2.24, 2.45) is 0 Å². The van der Waals surface area contributed by atoms with Gasteiger partial charge in [0.2, 0.25) is 0 Å². The van der Waals surface area contributed by atoms with Crippen molar-refractivity contribution in [3.05, 3.63) is 71.8 Å². The molecular formula is C18H22NO2+. The van der Waals surface area contributed by atoms with Gasteiger partial charge in [0.05, 0.1) is 0 Å². The highest BCUT2D eigenvalue weighted by molar-refractivity contribution is 5.15. The van der Waals surface area contributed by atoms with Crippen molar-refractivity contribution >= 4 is 0 Å².